The van der Waals surface area contributed by atoms with E-state index >= 15 is 0 Å². The average Bonchev–Trinajstić information content (AvgIpc) is 2.50. The smallest absolute Gasteiger partial charge is 0.119 e. The molecule has 0 fully saturated rings. The molecule has 2 rings (SSSR count). The Morgan fingerprint density at radius 1 is 1.00 bits per heavy atom. The van der Waals surface area contributed by atoms with Gasteiger partial charge in [-0.2, -0.15) is 0 Å². The van der Waals surface area contributed by atoms with Gasteiger partial charge in [0.25, 0.3) is 0 Å². The van der Waals surface area contributed by atoms with Crippen LogP contribution in [0.15, 0.2) is 42.5 Å². The second-order valence-electron chi connectivity index (χ2n) is 6.05. The maximum Gasteiger partial charge on any atom is 0.119 e. The number of benzene rings is 2. The van der Waals surface area contributed by atoms with E-state index in [-0.39, 0.29) is 0 Å². The third-order valence-corrected chi connectivity index (χ3v) is 3.88. The van der Waals surface area contributed by atoms with Gasteiger partial charge in [-0.05, 0) is 56.5 Å². The van der Waals surface area contributed by atoms with E-state index in [0.29, 0.717) is 12.5 Å². The molecular weight excluding hydrogens is 270 g/mol. The lowest BCUT2D eigenvalue weighted by molar-refractivity contribution is 0.317. The van der Waals surface area contributed by atoms with Gasteiger partial charge in [0.15, 0.2) is 0 Å². The fraction of sp³-hybridized carbons (Fsp3) is 0.400. The van der Waals surface area contributed by atoms with Crippen LogP contribution in [0.4, 0.5) is 0 Å². The fourth-order valence-corrected chi connectivity index (χ4v) is 2.81. The van der Waals surface area contributed by atoms with Crippen molar-refractivity contribution in [3.05, 3.63) is 64.7 Å². The summed E-state index contributed by atoms with van der Waals surface area (Å²) in [5, 5.41) is 0. The van der Waals surface area contributed by atoms with Crippen molar-refractivity contribution in [2.24, 2.45) is 5.73 Å². The minimum absolute atomic E-state index is 0.362. The number of rotatable bonds is 7. The highest BCUT2D eigenvalue weighted by atomic mass is 16.5. The van der Waals surface area contributed by atoms with Gasteiger partial charge in [-0.3, -0.25) is 0 Å². The molecule has 2 N–H and O–H groups in total. The molecule has 118 valence electrons. The summed E-state index contributed by atoms with van der Waals surface area (Å²) in [4.78, 5) is 0. The zero-order valence-corrected chi connectivity index (χ0v) is 13.9. The van der Waals surface area contributed by atoms with Crippen molar-refractivity contribution in [2.45, 2.75) is 39.5 Å². The lowest BCUT2D eigenvalue weighted by atomic mass is 9.90. The molecule has 0 heterocycles. The lowest BCUT2D eigenvalue weighted by Gasteiger charge is -2.17. The van der Waals surface area contributed by atoms with E-state index in [1.807, 2.05) is 0 Å². The molecule has 0 saturated carbocycles. The molecule has 2 aromatic rings. The van der Waals surface area contributed by atoms with Gasteiger partial charge in [0.2, 0.25) is 0 Å². The predicted molar refractivity (Wildman–Crippen MR) is 93.6 cm³/mol. The first-order valence-corrected chi connectivity index (χ1v) is 8.12. The van der Waals surface area contributed by atoms with Gasteiger partial charge in [0, 0.05) is 5.92 Å². The summed E-state index contributed by atoms with van der Waals surface area (Å²) in [7, 11) is 0. The molecule has 0 radical (unpaired) electrons. The molecule has 22 heavy (non-hydrogen) atoms. The Kier molecular flexibility index (Phi) is 6.02. The van der Waals surface area contributed by atoms with Crippen LogP contribution in [0, 0.1) is 13.8 Å². The van der Waals surface area contributed by atoms with Crippen molar-refractivity contribution in [3.8, 4) is 5.75 Å². The Balaban J connectivity index is 2.09. The summed E-state index contributed by atoms with van der Waals surface area (Å²) in [5.41, 5.74) is 11.3. The third kappa shape index (κ3) is 4.60. The number of hydrogen-bond donors (Lipinski definition) is 1. The minimum Gasteiger partial charge on any atom is -0.494 e. The Morgan fingerprint density at radius 2 is 1.64 bits per heavy atom. The van der Waals surface area contributed by atoms with Crippen molar-refractivity contribution >= 4 is 0 Å². The van der Waals surface area contributed by atoms with Gasteiger partial charge >= 0.3 is 0 Å². The third-order valence-electron chi connectivity index (χ3n) is 3.88. The normalized spacial score (nSPS) is 12.2. The van der Waals surface area contributed by atoms with Gasteiger partial charge < -0.3 is 10.5 Å². The number of ether oxygens (including phenoxy) is 1. The highest BCUT2D eigenvalue weighted by Crippen LogP contribution is 2.23. The molecule has 0 aliphatic rings. The molecule has 0 aromatic heterocycles. The van der Waals surface area contributed by atoms with Crippen molar-refractivity contribution in [1.82, 2.24) is 0 Å². The van der Waals surface area contributed by atoms with Crippen LogP contribution in [0.5, 0.6) is 5.75 Å². The molecule has 0 saturated heterocycles. The van der Waals surface area contributed by atoms with Crippen LogP contribution in [0.25, 0.3) is 0 Å². The Morgan fingerprint density at radius 3 is 2.18 bits per heavy atom. The summed E-state index contributed by atoms with van der Waals surface area (Å²) in [5.74, 6) is 1.31. The van der Waals surface area contributed by atoms with E-state index in [2.05, 4.69) is 63.2 Å². The largest absolute Gasteiger partial charge is 0.494 e. The van der Waals surface area contributed by atoms with E-state index in [9.17, 15) is 0 Å². The molecule has 0 aliphatic heterocycles. The molecule has 0 amide bonds. The zero-order chi connectivity index (χ0) is 15.9. The maximum atomic E-state index is 6.02. The van der Waals surface area contributed by atoms with Crippen LogP contribution in [0.2, 0.25) is 0 Å². The first-order chi connectivity index (χ1) is 10.6. The van der Waals surface area contributed by atoms with Gasteiger partial charge in [0.1, 0.15) is 5.75 Å². The second kappa shape index (κ2) is 8.00. The SMILES string of the molecule is CCCOc1ccc(CC(CN)c2cc(C)cc(C)c2)cc1. The summed E-state index contributed by atoms with van der Waals surface area (Å²) in [6, 6.07) is 15.1. The second-order valence-corrected chi connectivity index (χ2v) is 6.05. The lowest BCUT2D eigenvalue weighted by Crippen LogP contribution is -2.15. The van der Waals surface area contributed by atoms with Crippen molar-refractivity contribution < 1.29 is 4.74 Å². The van der Waals surface area contributed by atoms with Crippen LogP contribution in [-0.4, -0.2) is 13.2 Å². The quantitative estimate of drug-likeness (QED) is 0.823. The van der Waals surface area contributed by atoms with E-state index in [1.54, 1.807) is 0 Å². The van der Waals surface area contributed by atoms with Crippen LogP contribution < -0.4 is 10.5 Å². The highest BCUT2D eigenvalue weighted by Gasteiger charge is 2.11. The molecule has 2 aromatic carbocycles. The number of nitrogens with two attached hydrogens (primary N) is 1. The van der Waals surface area contributed by atoms with E-state index in [0.717, 1.165) is 25.2 Å². The predicted octanol–water partition coefficient (Wildman–Crippen LogP) is 4.38. The molecule has 2 nitrogen and oxygen atoms in total. The van der Waals surface area contributed by atoms with Crippen LogP contribution in [0.3, 0.4) is 0 Å². The first kappa shape index (κ1) is 16.6. The number of hydrogen-bond acceptors (Lipinski definition) is 2. The Labute approximate surface area is 134 Å². The summed E-state index contributed by atoms with van der Waals surface area (Å²) >= 11 is 0. The summed E-state index contributed by atoms with van der Waals surface area (Å²) in [6.07, 6.45) is 2.00. The number of aryl methyl sites for hydroxylation is 2. The fourth-order valence-electron chi connectivity index (χ4n) is 2.81. The molecule has 2 heteroatoms. The zero-order valence-electron chi connectivity index (χ0n) is 13.9. The molecule has 0 aliphatic carbocycles. The van der Waals surface area contributed by atoms with E-state index in [1.165, 1.54) is 22.3 Å². The minimum atomic E-state index is 0.362. The topological polar surface area (TPSA) is 35.2 Å². The highest BCUT2D eigenvalue weighted by molar-refractivity contribution is 5.34. The Hall–Kier alpha value is -1.80. The summed E-state index contributed by atoms with van der Waals surface area (Å²) < 4.78 is 5.63. The van der Waals surface area contributed by atoms with E-state index < -0.39 is 0 Å². The van der Waals surface area contributed by atoms with Gasteiger partial charge in [-0.15, -0.1) is 0 Å². The molecule has 0 spiro atoms. The van der Waals surface area contributed by atoms with Gasteiger partial charge in [-0.25, -0.2) is 0 Å². The Bertz CT molecular complexity index is 569. The van der Waals surface area contributed by atoms with Crippen LogP contribution in [0.1, 0.15) is 41.5 Å². The monoisotopic (exact) mass is 297 g/mol. The van der Waals surface area contributed by atoms with Crippen LogP contribution >= 0.6 is 0 Å². The molecule has 1 unspecified atom stereocenters. The van der Waals surface area contributed by atoms with E-state index in [4.69, 9.17) is 10.5 Å². The van der Waals surface area contributed by atoms with Crippen molar-refractivity contribution in [1.29, 1.82) is 0 Å². The first-order valence-electron chi connectivity index (χ1n) is 8.12. The molecule has 0 bridgehead atoms. The maximum absolute atomic E-state index is 6.02. The van der Waals surface area contributed by atoms with Crippen molar-refractivity contribution in [2.75, 3.05) is 13.2 Å². The van der Waals surface area contributed by atoms with Crippen LogP contribution in [-0.2, 0) is 6.42 Å². The summed E-state index contributed by atoms with van der Waals surface area (Å²) in [6.45, 7) is 7.84. The van der Waals surface area contributed by atoms with Gasteiger partial charge in [0.05, 0.1) is 6.61 Å². The standard InChI is InChI=1S/C20H27NO/c1-4-9-22-20-7-5-17(6-8-20)13-19(14-21)18-11-15(2)10-16(3)12-18/h5-8,10-12,19H,4,9,13-14,21H2,1-3H3. The molecule has 1 atom stereocenters. The molecular formula is C20H27NO. The average molecular weight is 297 g/mol. The van der Waals surface area contributed by atoms with Gasteiger partial charge in [-0.1, -0.05) is 48.4 Å². The van der Waals surface area contributed by atoms with Crippen molar-refractivity contribution in [3.63, 3.8) is 0 Å².